The Bertz CT molecular complexity index is 568. The van der Waals surface area contributed by atoms with Gasteiger partial charge in [-0.1, -0.05) is 6.92 Å². The minimum atomic E-state index is -2.67. The summed E-state index contributed by atoms with van der Waals surface area (Å²) in [6.07, 6.45) is 3.98. The van der Waals surface area contributed by atoms with Gasteiger partial charge < -0.3 is 15.0 Å². The van der Waals surface area contributed by atoms with Crippen LogP contribution in [-0.2, 0) is 33.7 Å². The molecule has 0 rings (SSSR count). The summed E-state index contributed by atoms with van der Waals surface area (Å²) in [5.74, 6) is 4.37. The number of amides is 2. The number of carbonyl (C=O) groups is 3. The fourth-order valence-electron chi connectivity index (χ4n) is 0. The first kappa shape index (κ1) is 35.6. The molecule has 160 valence electrons. The van der Waals surface area contributed by atoms with Gasteiger partial charge in [0.05, 0.1) is 0 Å². The van der Waals surface area contributed by atoms with Crippen LogP contribution in [-0.4, -0.2) is 86.7 Å². The van der Waals surface area contributed by atoms with E-state index in [4.69, 9.17) is 0 Å². The van der Waals surface area contributed by atoms with Crippen LogP contribution >= 0.6 is 0 Å². The van der Waals surface area contributed by atoms with Crippen molar-refractivity contribution in [2.24, 2.45) is 0 Å². The van der Waals surface area contributed by atoms with Crippen molar-refractivity contribution < 1.29 is 27.0 Å². The van der Waals surface area contributed by atoms with Gasteiger partial charge in [-0.3, -0.25) is 13.8 Å². The molecule has 1 N–H and O–H groups in total. The number of hydrogen-bond acceptors (Lipinski definition) is 6. The van der Waals surface area contributed by atoms with Gasteiger partial charge in [-0.05, 0) is 29.2 Å². The summed E-state index contributed by atoms with van der Waals surface area (Å²) in [6, 6.07) is 0. The Hall–Kier alpha value is -1.42. The van der Waals surface area contributed by atoms with Crippen LogP contribution in [0.2, 0.25) is 0 Å². The van der Waals surface area contributed by atoms with Crippen molar-refractivity contribution >= 4 is 42.8 Å². The SMILES string of the molecule is C=S(C)(=O)CC.CC(=O)N(C)C.CC(C)=O.CNC(C)=O.CS(C)(=O)=O. The lowest BCUT2D eigenvalue weighted by atomic mass is 10.6. The third-order valence-electron chi connectivity index (χ3n) is 1.59. The number of nitrogens with one attached hydrogen (secondary N) is 1. The van der Waals surface area contributed by atoms with E-state index < -0.39 is 19.4 Å². The number of rotatable bonds is 1. The lowest BCUT2D eigenvalue weighted by Crippen LogP contribution is -2.17. The standard InChI is InChI=1S/C4H9NO.C4H10OS.C3H7NO.C3H6O.C2H6O2S/c1-4(6)5(2)3;1-4-6(2,3)5;1-3(5)4-2;1-3(2)4;1-5(2,3)4/h1-3H3;2,4H2,1,3H3;1-2H3,(H,4,5);1-2H3;1-2H3. The largest absolute Gasteiger partial charge is 0.359 e. The Morgan fingerprint density at radius 3 is 1.04 bits per heavy atom. The minimum absolute atomic E-state index is 0.00463. The number of ketones is 1. The monoisotopic (exact) mass is 418 g/mol. The maximum Gasteiger partial charge on any atom is 0.218 e. The fraction of sp³-hybridized carbons (Fsp3) is 0.750. The highest BCUT2D eigenvalue weighted by Gasteiger charge is 1.87. The van der Waals surface area contributed by atoms with Crippen molar-refractivity contribution in [1.29, 1.82) is 0 Å². The lowest BCUT2D eigenvalue weighted by Gasteiger charge is -2.02. The third kappa shape index (κ3) is 183. The van der Waals surface area contributed by atoms with Gasteiger partial charge in [-0.25, -0.2) is 8.42 Å². The highest BCUT2D eigenvalue weighted by Crippen LogP contribution is 1.75. The van der Waals surface area contributed by atoms with Crippen molar-refractivity contribution in [1.82, 2.24) is 10.2 Å². The molecular formula is C16H38N2O6S2. The molecular weight excluding hydrogens is 380 g/mol. The third-order valence-corrected chi connectivity index (χ3v) is 2.81. The molecule has 0 aliphatic heterocycles. The van der Waals surface area contributed by atoms with Crippen LogP contribution < -0.4 is 5.32 Å². The highest BCUT2D eigenvalue weighted by atomic mass is 32.2. The van der Waals surface area contributed by atoms with Gasteiger partial charge in [0, 0.05) is 59.5 Å². The summed E-state index contributed by atoms with van der Waals surface area (Å²) in [4.78, 5) is 30.7. The molecule has 0 radical (unpaired) electrons. The van der Waals surface area contributed by atoms with Crippen LogP contribution in [0.25, 0.3) is 0 Å². The van der Waals surface area contributed by atoms with Crippen molar-refractivity contribution in [2.45, 2.75) is 34.6 Å². The average Bonchev–Trinajstić information content (AvgIpc) is 2.36. The zero-order valence-corrected chi connectivity index (χ0v) is 19.8. The van der Waals surface area contributed by atoms with Gasteiger partial charge in [0.2, 0.25) is 11.8 Å². The second-order valence-electron chi connectivity index (χ2n) is 5.74. The summed E-state index contributed by atoms with van der Waals surface area (Å²) < 4.78 is 29.7. The number of Topliss-reactive ketones (excluding diaryl/α,β-unsaturated/α-hetero) is 1. The van der Waals surface area contributed by atoms with Gasteiger partial charge in [-0.15, -0.1) is 0 Å². The van der Waals surface area contributed by atoms with Gasteiger partial charge in [0.1, 0.15) is 15.6 Å². The van der Waals surface area contributed by atoms with Gasteiger partial charge in [0.15, 0.2) is 0 Å². The molecule has 2 amide bonds. The van der Waals surface area contributed by atoms with E-state index >= 15 is 0 Å². The van der Waals surface area contributed by atoms with E-state index in [2.05, 4.69) is 11.2 Å². The van der Waals surface area contributed by atoms with Crippen molar-refractivity contribution in [3.8, 4) is 0 Å². The highest BCUT2D eigenvalue weighted by molar-refractivity contribution is 7.99. The molecule has 0 aliphatic rings. The Morgan fingerprint density at radius 2 is 1.04 bits per heavy atom. The van der Waals surface area contributed by atoms with E-state index in [0.29, 0.717) is 5.75 Å². The van der Waals surface area contributed by atoms with Crippen LogP contribution in [0.3, 0.4) is 0 Å². The molecule has 0 saturated heterocycles. The molecule has 1 atom stereocenters. The van der Waals surface area contributed by atoms with Gasteiger partial charge in [-0.2, -0.15) is 0 Å². The smallest absolute Gasteiger partial charge is 0.218 e. The molecule has 0 heterocycles. The second kappa shape index (κ2) is 19.9. The summed E-state index contributed by atoms with van der Waals surface area (Å²) in [5, 5.41) is 2.39. The van der Waals surface area contributed by atoms with E-state index in [1.165, 1.54) is 32.6 Å². The minimum Gasteiger partial charge on any atom is -0.359 e. The van der Waals surface area contributed by atoms with Crippen LogP contribution in [0, 0.1) is 0 Å². The Labute approximate surface area is 160 Å². The van der Waals surface area contributed by atoms with E-state index in [0.717, 1.165) is 12.5 Å². The Balaban J connectivity index is -0.0000000712. The number of hydrogen-bond donors (Lipinski definition) is 1. The predicted molar refractivity (Wildman–Crippen MR) is 113 cm³/mol. The van der Waals surface area contributed by atoms with E-state index in [1.807, 2.05) is 6.92 Å². The molecule has 0 bridgehead atoms. The molecule has 8 nitrogen and oxygen atoms in total. The normalized spacial score (nSPS) is 10.9. The zero-order valence-electron chi connectivity index (χ0n) is 18.1. The van der Waals surface area contributed by atoms with Gasteiger partial charge >= 0.3 is 0 Å². The molecule has 0 aliphatic carbocycles. The van der Waals surface area contributed by atoms with E-state index in [-0.39, 0.29) is 17.6 Å². The van der Waals surface area contributed by atoms with Crippen LogP contribution in [0.5, 0.6) is 0 Å². The maximum absolute atomic E-state index is 10.4. The molecule has 0 saturated carbocycles. The predicted octanol–water partition coefficient (Wildman–Crippen LogP) is 0.455. The number of nitrogens with zero attached hydrogens (tertiary/aromatic N) is 1. The summed E-state index contributed by atoms with van der Waals surface area (Å²) >= 11 is 0. The van der Waals surface area contributed by atoms with Gasteiger partial charge in [0.25, 0.3) is 0 Å². The molecule has 1 unspecified atom stereocenters. The Morgan fingerprint density at radius 1 is 0.923 bits per heavy atom. The molecule has 26 heavy (non-hydrogen) atoms. The zero-order chi connectivity index (χ0) is 22.7. The summed E-state index contributed by atoms with van der Waals surface area (Å²) in [6.45, 7) is 7.93. The van der Waals surface area contributed by atoms with Crippen LogP contribution in [0.4, 0.5) is 0 Å². The summed E-state index contributed by atoms with van der Waals surface area (Å²) in [5.41, 5.74) is 0. The van der Waals surface area contributed by atoms with Crippen LogP contribution in [0.1, 0.15) is 34.6 Å². The van der Waals surface area contributed by atoms with E-state index in [1.54, 1.807) is 27.4 Å². The molecule has 10 heteroatoms. The van der Waals surface area contributed by atoms with Crippen molar-refractivity contribution in [2.75, 3.05) is 45.7 Å². The topological polar surface area (TPSA) is 118 Å². The second-order valence-corrected chi connectivity index (χ2v) is 11.0. The van der Waals surface area contributed by atoms with Crippen molar-refractivity contribution in [3.05, 3.63) is 0 Å². The molecule has 0 aromatic rings. The Kier molecular flexibility index (Phi) is 27.3. The fourth-order valence-corrected chi connectivity index (χ4v) is 0. The van der Waals surface area contributed by atoms with Crippen molar-refractivity contribution in [3.63, 3.8) is 0 Å². The lowest BCUT2D eigenvalue weighted by molar-refractivity contribution is -0.126. The maximum atomic E-state index is 10.4. The number of carbonyl (C=O) groups excluding carboxylic acids is 3. The molecule has 0 aromatic carbocycles. The molecule has 0 fully saturated rings. The summed E-state index contributed by atoms with van der Waals surface area (Å²) in [7, 11) is 0.720. The van der Waals surface area contributed by atoms with Crippen LogP contribution in [0.15, 0.2) is 0 Å². The first-order valence-electron chi connectivity index (χ1n) is 7.49. The molecule has 0 aromatic heterocycles. The average molecular weight is 419 g/mol. The first-order valence-corrected chi connectivity index (χ1v) is 12.1. The quantitative estimate of drug-likeness (QED) is 0.618. The molecule has 0 spiro atoms. The number of sulfone groups is 1. The van der Waals surface area contributed by atoms with E-state index in [9.17, 15) is 27.0 Å². The first-order chi connectivity index (χ1) is 11.2.